The Labute approximate surface area is 105 Å². The quantitative estimate of drug-likeness (QED) is 0.698. The third-order valence-electron chi connectivity index (χ3n) is 2.40. The first-order chi connectivity index (χ1) is 8.45. The second-order valence-electron chi connectivity index (χ2n) is 4.00. The number of nitrogens with zero attached hydrogens (tertiary/aromatic N) is 1. The van der Waals surface area contributed by atoms with E-state index in [1.54, 1.807) is 0 Å². The van der Waals surface area contributed by atoms with Gasteiger partial charge in [-0.1, -0.05) is 0 Å². The minimum absolute atomic E-state index is 0.0694. The van der Waals surface area contributed by atoms with E-state index in [-0.39, 0.29) is 30.2 Å². The summed E-state index contributed by atoms with van der Waals surface area (Å²) in [5.41, 5.74) is 0.0694. The smallest absolute Gasteiger partial charge is 0.257 e. The first-order valence-corrected chi connectivity index (χ1v) is 5.40. The van der Waals surface area contributed by atoms with Gasteiger partial charge in [0.25, 0.3) is 5.91 Å². The number of ether oxygens (including phenoxy) is 1. The van der Waals surface area contributed by atoms with Crippen molar-refractivity contribution in [2.24, 2.45) is 0 Å². The molecule has 0 fully saturated rings. The molecular weight excluding hydrogens is 238 g/mol. The second-order valence-corrected chi connectivity index (χ2v) is 4.00. The molecule has 0 aliphatic carbocycles. The standard InChI is InChI=1S/C12H17NO5/c1-13(6-9(15)7-18-2)12(17)10-4-3-8(14)5-11(10)16/h3-5,9,14-16H,6-7H2,1-2H3. The van der Waals surface area contributed by atoms with Gasteiger partial charge in [0.05, 0.1) is 18.3 Å². The van der Waals surface area contributed by atoms with Crippen LogP contribution < -0.4 is 0 Å². The van der Waals surface area contributed by atoms with Crippen molar-refractivity contribution in [2.45, 2.75) is 6.10 Å². The van der Waals surface area contributed by atoms with Crippen LogP contribution in [0.15, 0.2) is 18.2 Å². The fourth-order valence-corrected chi connectivity index (χ4v) is 1.55. The van der Waals surface area contributed by atoms with Crippen molar-refractivity contribution in [3.05, 3.63) is 23.8 Å². The maximum atomic E-state index is 11.9. The third kappa shape index (κ3) is 3.61. The number of rotatable bonds is 5. The van der Waals surface area contributed by atoms with Crippen LogP contribution in [0.3, 0.4) is 0 Å². The van der Waals surface area contributed by atoms with Crippen LogP contribution in [0.25, 0.3) is 0 Å². The SMILES string of the molecule is COCC(O)CN(C)C(=O)c1ccc(O)cc1O. The van der Waals surface area contributed by atoms with E-state index in [2.05, 4.69) is 0 Å². The lowest BCUT2D eigenvalue weighted by atomic mass is 10.1. The first-order valence-electron chi connectivity index (χ1n) is 5.40. The minimum atomic E-state index is -0.789. The molecule has 0 radical (unpaired) electrons. The number of phenols is 2. The second kappa shape index (κ2) is 6.23. The van der Waals surface area contributed by atoms with Crippen molar-refractivity contribution in [1.82, 2.24) is 4.90 Å². The lowest BCUT2D eigenvalue weighted by Crippen LogP contribution is -2.36. The van der Waals surface area contributed by atoms with Gasteiger partial charge in [0, 0.05) is 26.8 Å². The molecule has 0 aliphatic rings. The summed E-state index contributed by atoms with van der Waals surface area (Å²) in [6.07, 6.45) is -0.789. The van der Waals surface area contributed by atoms with E-state index in [4.69, 9.17) is 9.84 Å². The molecule has 0 saturated carbocycles. The van der Waals surface area contributed by atoms with Gasteiger partial charge in [0.1, 0.15) is 11.5 Å². The summed E-state index contributed by atoms with van der Waals surface area (Å²) in [5, 5.41) is 28.2. The number of hydrogen-bond donors (Lipinski definition) is 3. The summed E-state index contributed by atoms with van der Waals surface area (Å²) >= 11 is 0. The average Bonchev–Trinajstić information content (AvgIpc) is 2.28. The van der Waals surface area contributed by atoms with E-state index in [9.17, 15) is 15.0 Å². The molecule has 0 heterocycles. The topological polar surface area (TPSA) is 90.2 Å². The van der Waals surface area contributed by atoms with Crippen molar-refractivity contribution >= 4 is 5.91 Å². The summed E-state index contributed by atoms with van der Waals surface area (Å²) < 4.78 is 4.76. The molecule has 1 aromatic rings. The van der Waals surface area contributed by atoms with E-state index in [1.165, 1.54) is 31.2 Å². The van der Waals surface area contributed by atoms with Gasteiger partial charge in [-0.3, -0.25) is 4.79 Å². The maximum absolute atomic E-state index is 11.9. The van der Waals surface area contributed by atoms with E-state index in [0.29, 0.717) is 0 Å². The molecule has 6 nitrogen and oxygen atoms in total. The Balaban J connectivity index is 2.74. The van der Waals surface area contributed by atoms with Gasteiger partial charge in [-0.15, -0.1) is 0 Å². The Morgan fingerprint density at radius 1 is 1.44 bits per heavy atom. The van der Waals surface area contributed by atoms with Gasteiger partial charge in [0.15, 0.2) is 0 Å². The van der Waals surface area contributed by atoms with Crippen LogP contribution in [0.4, 0.5) is 0 Å². The molecule has 0 aliphatic heterocycles. The number of likely N-dealkylation sites (N-methyl/N-ethyl adjacent to an activating group) is 1. The van der Waals surface area contributed by atoms with Crippen LogP contribution in [-0.2, 0) is 4.74 Å². The highest BCUT2D eigenvalue weighted by molar-refractivity contribution is 5.96. The molecule has 1 unspecified atom stereocenters. The maximum Gasteiger partial charge on any atom is 0.257 e. The van der Waals surface area contributed by atoms with Gasteiger partial charge in [-0.2, -0.15) is 0 Å². The molecule has 0 saturated heterocycles. The Hall–Kier alpha value is -1.79. The molecule has 6 heteroatoms. The predicted octanol–water partition coefficient (Wildman–Crippen LogP) is 0.177. The van der Waals surface area contributed by atoms with E-state index in [1.807, 2.05) is 0 Å². The number of benzene rings is 1. The number of carbonyl (C=O) groups is 1. The molecule has 0 aromatic heterocycles. The number of phenolic OH excluding ortho intramolecular Hbond substituents is 2. The lowest BCUT2D eigenvalue weighted by molar-refractivity contribution is 0.0379. The van der Waals surface area contributed by atoms with Crippen molar-refractivity contribution in [3.63, 3.8) is 0 Å². The van der Waals surface area contributed by atoms with E-state index < -0.39 is 12.0 Å². The summed E-state index contributed by atoms with van der Waals surface area (Å²) in [6.45, 7) is 0.214. The molecule has 3 N–H and O–H groups in total. The predicted molar refractivity (Wildman–Crippen MR) is 64.6 cm³/mol. The normalized spacial score (nSPS) is 12.2. The Morgan fingerprint density at radius 2 is 2.11 bits per heavy atom. The fourth-order valence-electron chi connectivity index (χ4n) is 1.55. The monoisotopic (exact) mass is 255 g/mol. The van der Waals surface area contributed by atoms with Crippen LogP contribution in [0.5, 0.6) is 11.5 Å². The number of aliphatic hydroxyl groups is 1. The fraction of sp³-hybridized carbons (Fsp3) is 0.417. The highest BCUT2D eigenvalue weighted by atomic mass is 16.5. The van der Waals surface area contributed by atoms with Crippen LogP contribution in [0.1, 0.15) is 10.4 Å². The largest absolute Gasteiger partial charge is 0.508 e. The lowest BCUT2D eigenvalue weighted by Gasteiger charge is -2.20. The third-order valence-corrected chi connectivity index (χ3v) is 2.40. The van der Waals surface area contributed by atoms with Gasteiger partial charge in [-0.25, -0.2) is 0 Å². The Kier molecular flexibility index (Phi) is 4.94. The van der Waals surface area contributed by atoms with Gasteiger partial charge in [-0.05, 0) is 12.1 Å². The summed E-state index contributed by atoms with van der Waals surface area (Å²) in [5.74, 6) is -0.859. The molecule has 1 aromatic carbocycles. The molecule has 100 valence electrons. The summed E-state index contributed by atoms with van der Waals surface area (Å²) in [6, 6.07) is 3.73. The highest BCUT2D eigenvalue weighted by Gasteiger charge is 2.18. The number of hydrogen-bond acceptors (Lipinski definition) is 5. The molecule has 0 bridgehead atoms. The Bertz CT molecular complexity index is 421. The molecule has 0 spiro atoms. The molecular formula is C12H17NO5. The highest BCUT2D eigenvalue weighted by Crippen LogP contribution is 2.23. The molecule has 1 amide bonds. The summed E-state index contributed by atoms with van der Waals surface area (Å²) in [4.78, 5) is 13.2. The zero-order chi connectivity index (χ0) is 13.7. The number of amides is 1. The minimum Gasteiger partial charge on any atom is -0.508 e. The summed E-state index contributed by atoms with van der Waals surface area (Å²) in [7, 11) is 2.96. The van der Waals surface area contributed by atoms with Gasteiger partial charge < -0.3 is 25.0 Å². The number of methoxy groups -OCH3 is 1. The Morgan fingerprint density at radius 3 is 2.67 bits per heavy atom. The number of carbonyl (C=O) groups excluding carboxylic acids is 1. The number of aliphatic hydroxyl groups excluding tert-OH is 1. The van der Waals surface area contributed by atoms with Crippen molar-refractivity contribution in [2.75, 3.05) is 27.3 Å². The van der Waals surface area contributed by atoms with E-state index >= 15 is 0 Å². The van der Waals surface area contributed by atoms with Crippen LogP contribution in [0, 0.1) is 0 Å². The van der Waals surface area contributed by atoms with Crippen molar-refractivity contribution in [1.29, 1.82) is 0 Å². The molecule has 18 heavy (non-hydrogen) atoms. The van der Waals surface area contributed by atoms with Crippen molar-refractivity contribution < 1.29 is 24.9 Å². The van der Waals surface area contributed by atoms with Crippen LogP contribution in [-0.4, -0.2) is 59.5 Å². The van der Waals surface area contributed by atoms with Crippen LogP contribution >= 0.6 is 0 Å². The van der Waals surface area contributed by atoms with Crippen molar-refractivity contribution in [3.8, 4) is 11.5 Å². The van der Waals surface area contributed by atoms with Crippen LogP contribution in [0.2, 0.25) is 0 Å². The van der Waals surface area contributed by atoms with Gasteiger partial charge in [0.2, 0.25) is 0 Å². The zero-order valence-electron chi connectivity index (χ0n) is 10.3. The van der Waals surface area contributed by atoms with Gasteiger partial charge >= 0.3 is 0 Å². The molecule has 1 atom stereocenters. The zero-order valence-corrected chi connectivity index (χ0v) is 10.3. The number of aromatic hydroxyl groups is 2. The first kappa shape index (κ1) is 14.3. The molecule has 1 rings (SSSR count). The van der Waals surface area contributed by atoms with E-state index in [0.717, 1.165) is 6.07 Å². The average molecular weight is 255 g/mol.